The van der Waals surface area contributed by atoms with Crippen LogP contribution in [-0.4, -0.2) is 36.3 Å². The molecule has 1 aromatic heterocycles. The van der Waals surface area contributed by atoms with Crippen LogP contribution in [0.5, 0.6) is 0 Å². The number of esters is 1. The highest BCUT2D eigenvalue weighted by atomic mass is 32.2. The van der Waals surface area contributed by atoms with Crippen LogP contribution in [0.4, 0.5) is 0 Å². The first kappa shape index (κ1) is 19.8. The number of hydrogen-bond acceptors (Lipinski definition) is 4. The minimum atomic E-state index is -0.541. The summed E-state index contributed by atoms with van der Waals surface area (Å²) in [5, 5.41) is 3.92. The molecule has 3 aromatic rings. The molecule has 5 nitrogen and oxygen atoms in total. The zero-order chi connectivity index (χ0) is 19.8. The monoisotopic (exact) mass is 394 g/mol. The average Bonchev–Trinajstić information content (AvgIpc) is 3.14. The van der Waals surface area contributed by atoms with E-state index in [-0.39, 0.29) is 12.5 Å². The number of benzene rings is 2. The van der Waals surface area contributed by atoms with Crippen molar-refractivity contribution < 1.29 is 14.3 Å². The van der Waals surface area contributed by atoms with Crippen molar-refractivity contribution in [1.82, 2.24) is 10.3 Å². The van der Waals surface area contributed by atoms with Crippen molar-refractivity contribution in [2.45, 2.75) is 11.3 Å². The zero-order valence-corrected chi connectivity index (χ0v) is 16.4. The van der Waals surface area contributed by atoms with Gasteiger partial charge in [-0.15, -0.1) is 11.8 Å². The Morgan fingerprint density at radius 1 is 1.14 bits per heavy atom. The fraction of sp³-hybridized carbons (Fsp3) is 0.182. The van der Waals surface area contributed by atoms with Gasteiger partial charge in [0.1, 0.15) is 0 Å². The lowest BCUT2D eigenvalue weighted by molar-refractivity contribution is -0.143. The number of rotatable bonds is 8. The van der Waals surface area contributed by atoms with Crippen molar-refractivity contribution in [2.75, 3.05) is 19.4 Å². The highest BCUT2D eigenvalue weighted by Gasteiger charge is 2.06. The number of hydrogen-bond donors (Lipinski definition) is 2. The van der Waals surface area contributed by atoms with E-state index in [2.05, 4.69) is 10.3 Å². The maximum absolute atomic E-state index is 11.9. The molecule has 3 rings (SSSR count). The smallest absolute Gasteiger partial charge is 0.331 e. The number of aromatic amines is 1. The van der Waals surface area contributed by atoms with Crippen molar-refractivity contribution in [3.63, 3.8) is 0 Å². The Kier molecular flexibility index (Phi) is 6.92. The second-order valence-electron chi connectivity index (χ2n) is 6.17. The van der Waals surface area contributed by atoms with Crippen molar-refractivity contribution in [3.8, 4) is 0 Å². The van der Waals surface area contributed by atoms with Gasteiger partial charge in [0.25, 0.3) is 5.91 Å². The van der Waals surface area contributed by atoms with Gasteiger partial charge < -0.3 is 15.0 Å². The Labute approximate surface area is 168 Å². The second kappa shape index (κ2) is 9.80. The van der Waals surface area contributed by atoms with E-state index in [0.717, 1.165) is 26.9 Å². The maximum Gasteiger partial charge on any atom is 0.331 e. The number of nitrogens with one attached hydrogen (secondary N) is 2. The van der Waals surface area contributed by atoms with E-state index in [9.17, 15) is 9.59 Å². The fourth-order valence-corrected chi connectivity index (χ4v) is 3.20. The topological polar surface area (TPSA) is 71.2 Å². The molecule has 0 radical (unpaired) electrons. The molecule has 6 heteroatoms. The van der Waals surface area contributed by atoms with E-state index in [1.807, 2.05) is 61.0 Å². The largest absolute Gasteiger partial charge is 0.452 e. The van der Waals surface area contributed by atoms with E-state index in [1.165, 1.54) is 6.08 Å². The number of carbonyl (C=O) groups excluding carboxylic acids is 2. The van der Waals surface area contributed by atoms with Crippen molar-refractivity contribution in [1.29, 1.82) is 0 Å². The van der Waals surface area contributed by atoms with E-state index >= 15 is 0 Å². The Morgan fingerprint density at radius 3 is 2.71 bits per heavy atom. The van der Waals surface area contributed by atoms with E-state index in [4.69, 9.17) is 4.74 Å². The Balaban J connectivity index is 1.38. The van der Waals surface area contributed by atoms with Gasteiger partial charge in [0, 0.05) is 34.6 Å². The third kappa shape index (κ3) is 5.50. The molecule has 0 aliphatic heterocycles. The van der Waals surface area contributed by atoms with Crippen LogP contribution >= 0.6 is 11.8 Å². The van der Waals surface area contributed by atoms with Gasteiger partial charge in [0.2, 0.25) is 0 Å². The maximum atomic E-state index is 11.9. The van der Waals surface area contributed by atoms with Crippen molar-refractivity contribution >= 4 is 40.6 Å². The van der Waals surface area contributed by atoms with Gasteiger partial charge >= 0.3 is 5.97 Å². The van der Waals surface area contributed by atoms with Gasteiger partial charge in [-0.05, 0) is 48.1 Å². The van der Waals surface area contributed by atoms with Gasteiger partial charge in [0.15, 0.2) is 6.61 Å². The van der Waals surface area contributed by atoms with Crippen LogP contribution in [0.2, 0.25) is 0 Å². The highest BCUT2D eigenvalue weighted by Crippen LogP contribution is 2.17. The molecule has 0 atom stereocenters. The third-order valence-electron chi connectivity index (χ3n) is 4.26. The molecule has 2 N–H and O–H groups in total. The van der Waals surface area contributed by atoms with Gasteiger partial charge in [0.05, 0.1) is 0 Å². The molecule has 2 aromatic carbocycles. The quantitative estimate of drug-likeness (QED) is 0.346. The first-order valence-electron chi connectivity index (χ1n) is 8.96. The van der Waals surface area contributed by atoms with Crippen LogP contribution in [0.3, 0.4) is 0 Å². The number of carbonyl (C=O) groups is 2. The first-order chi connectivity index (χ1) is 13.7. The molecule has 28 heavy (non-hydrogen) atoms. The Hall–Kier alpha value is -2.99. The van der Waals surface area contributed by atoms with Crippen LogP contribution in [-0.2, 0) is 20.7 Å². The standard InChI is InChI=1S/C22H22N2O3S/c1-28-18-9-6-16(7-10-18)8-11-22(26)27-15-21(25)23-13-12-17-14-24-20-5-3-2-4-19(17)20/h2-11,14,24H,12-13,15H2,1H3,(H,23,25)/b11-8+. The van der Waals surface area contributed by atoms with Crippen LogP contribution in [0.25, 0.3) is 17.0 Å². The zero-order valence-electron chi connectivity index (χ0n) is 15.6. The van der Waals surface area contributed by atoms with Crippen molar-refractivity contribution in [3.05, 3.63) is 71.9 Å². The first-order valence-corrected chi connectivity index (χ1v) is 10.2. The summed E-state index contributed by atoms with van der Waals surface area (Å²) in [6.07, 6.45) is 7.66. The molecule has 0 fully saturated rings. The lowest BCUT2D eigenvalue weighted by Gasteiger charge is -2.05. The summed E-state index contributed by atoms with van der Waals surface area (Å²) in [4.78, 5) is 28.0. The summed E-state index contributed by atoms with van der Waals surface area (Å²) in [5.41, 5.74) is 3.12. The summed E-state index contributed by atoms with van der Waals surface area (Å²) < 4.78 is 4.98. The summed E-state index contributed by atoms with van der Waals surface area (Å²) in [5.74, 6) is -0.855. The minimum Gasteiger partial charge on any atom is -0.452 e. The normalized spacial score (nSPS) is 11.0. The number of ether oxygens (including phenoxy) is 1. The van der Waals surface area contributed by atoms with E-state index < -0.39 is 5.97 Å². The minimum absolute atomic E-state index is 0.289. The van der Waals surface area contributed by atoms with E-state index in [1.54, 1.807) is 17.8 Å². The fourth-order valence-electron chi connectivity index (χ4n) is 2.79. The molecule has 0 bridgehead atoms. The number of para-hydroxylation sites is 1. The van der Waals surface area contributed by atoms with Crippen LogP contribution < -0.4 is 5.32 Å². The second-order valence-corrected chi connectivity index (χ2v) is 7.05. The van der Waals surface area contributed by atoms with Gasteiger partial charge in [-0.1, -0.05) is 30.3 Å². The number of fused-ring (bicyclic) bond motifs is 1. The van der Waals surface area contributed by atoms with Crippen LogP contribution in [0, 0.1) is 0 Å². The summed E-state index contributed by atoms with van der Waals surface area (Å²) in [6, 6.07) is 15.8. The molecule has 0 spiro atoms. The van der Waals surface area contributed by atoms with Crippen molar-refractivity contribution in [2.24, 2.45) is 0 Å². The lowest BCUT2D eigenvalue weighted by Crippen LogP contribution is -2.30. The lowest BCUT2D eigenvalue weighted by atomic mass is 10.1. The third-order valence-corrected chi connectivity index (χ3v) is 5.01. The molecule has 1 heterocycles. The molecule has 144 valence electrons. The molecule has 0 aliphatic rings. The highest BCUT2D eigenvalue weighted by molar-refractivity contribution is 7.98. The van der Waals surface area contributed by atoms with Gasteiger partial charge in [-0.25, -0.2) is 4.79 Å². The number of thioether (sulfide) groups is 1. The van der Waals surface area contributed by atoms with Crippen LogP contribution in [0.1, 0.15) is 11.1 Å². The SMILES string of the molecule is CSc1ccc(/C=C/C(=O)OCC(=O)NCCc2c[nH]c3ccccc23)cc1. The van der Waals surface area contributed by atoms with E-state index in [0.29, 0.717) is 13.0 Å². The molecular formula is C22H22N2O3S. The molecule has 0 saturated heterocycles. The predicted molar refractivity (Wildman–Crippen MR) is 113 cm³/mol. The number of amides is 1. The van der Waals surface area contributed by atoms with Gasteiger partial charge in [-0.2, -0.15) is 0 Å². The predicted octanol–water partition coefficient (Wildman–Crippen LogP) is 3.81. The summed E-state index contributed by atoms with van der Waals surface area (Å²) in [6.45, 7) is 0.193. The Bertz CT molecular complexity index is 977. The molecule has 0 aliphatic carbocycles. The molecule has 1 amide bonds. The van der Waals surface area contributed by atoms with Gasteiger partial charge in [-0.3, -0.25) is 4.79 Å². The average molecular weight is 394 g/mol. The molecular weight excluding hydrogens is 372 g/mol. The van der Waals surface area contributed by atoms with Crippen LogP contribution in [0.15, 0.2) is 65.7 Å². The molecule has 0 unspecified atom stereocenters. The number of aromatic nitrogens is 1. The summed E-state index contributed by atoms with van der Waals surface area (Å²) >= 11 is 1.66. The summed E-state index contributed by atoms with van der Waals surface area (Å²) in [7, 11) is 0. The number of H-pyrrole nitrogens is 1. The Morgan fingerprint density at radius 2 is 1.93 bits per heavy atom. The molecule has 0 saturated carbocycles.